The van der Waals surface area contributed by atoms with Crippen molar-refractivity contribution in [1.29, 1.82) is 0 Å². The average Bonchev–Trinajstić information content (AvgIpc) is 3.12. The Morgan fingerprint density at radius 3 is 2.52 bits per heavy atom. The van der Waals surface area contributed by atoms with Gasteiger partial charge in [-0.25, -0.2) is 8.42 Å². The van der Waals surface area contributed by atoms with Gasteiger partial charge in [-0.3, -0.25) is 4.72 Å². The minimum atomic E-state index is -3.49. The van der Waals surface area contributed by atoms with Crippen LogP contribution >= 0.6 is 11.6 Å². The van der Waals surface area contributed by atoms with Gasteiger partial charge >= 0.3 is 0 Å². The number of halogens is 1. The molecule has 0 saturated carbocycles. The number of aryl methyl sites for hydroxylation is 2. The zero-order valence-electron chi connectivity index (χ0n) is 16.2. The molecule has 0 amide bonds. The smallest absolute Gasteiger partial charge is 0.236 e. The number of benzene rings is 2. The van der Waals surface area contributed by atoms with E-state index in [9.17, 15) is 8.42 Å². The topological polar surface area (TPSA) is 76.9 Å². The molecular weight excluding hydrogens is 408 g/mol. The minimum Gasteiger partial charge on any atom is -0.314 e. The predicted molar refractivity (Wildman–Crippen MR) is 115 cm³/mol. The Labute approximate surface area is 176 Å². The molecule has 1 unspecified atom stereocenters. The Balaban J connectivity index is 1.43. The zero-order valence-corrected chi connectivity index (χ0v) is 17.7. The first-order chi connectivity index (χ1) is 13.9. The molecule has 1 aliphatic rings. The van der Waals surface area contributed by atoms with E-state index in [0.717, 1.165) is 37.5 Å². The summed E-state index contributed by atoms with van der Waals surface area (Å²) < 4.78 is 29.8. The maximum absolute atomic E-state index is 12.5. The molecule has 1 aromatic heterocycles. The summed E-state index contributed by atoms with van der Waals surface area (Å²) in [5.74, 6) is 2.37. The second kappa shape index (κ2) is 8.16. The number of hydrogen-bond donors (Lipinski definition) is 1. The highest BCUT2D eigenvalue weighted by Gasteiger charge is 2.23. The van der Waals surface area contributed by atoms with Crippen LogP contribution in [-0.4, -0.2) is 23.2 Å². The van der Waals surface area contributed by atoms with E-state index in [2.05, 4.69) is 26.4 Å². The fourth-order valence-electron chi connectivity index (χ4n) is 3.76. The van der Waals surface area contributed by atoms with Crippen LogP contribution in [-0.2, 0) is 35.2 Å². The molecular formula is C21H23ClN4O2S. The van der Waals surface area contributed by atoms with Crippen molar-refractivity contribution in [2.45, 2.75) is 44.4 Å². The van der Waals surface area contributed by atoms with E-state index >= 15 is 0 Å². The van der Waals surface area contributed by atoms with Crippen molar-refractivity contribution in [2.75, 3.05) is 4.72 Å². The van der Waals surface area contributed by atoms with E-state index in [-0.39, 0.29) is 5.75 Å². The lowest BCUT2D eigenvalue weighted by Gasteiger charge is -2.24. The standard InChI is InChI=1S/C21H23ClN4O2S/c1-2-20-23-24-21-12-7-17(13-26(20)21)16-5-10-19(11-6-16)25-29(27,28)14-15-3-8-18(22)9-4-15/h3-6,8-11,17,25H,2,7,12-14H2,1H3. The maximum Gasteiger partial charge on any atom is 0.236 e. The van der Waals surface area contributed by atoms with Crippen LogP contribution in [0.5, 0.6) is 0 Å². The minimum absolute atomic E-state index is 0.0925. The normalized spacial score (nSPS) is 16.4. The number of nitrogens with one attached hydrogen (secondary N) is 1. The van der Waals surface area contributed by atoms with E-state index < -0.39 is 10.0 Å². The predicted octanol–water partition coefficient (Wildman–Crippen LogP) is 4.17. The summed E-state index contributed by atoms with van der Waals surface area (Å²) in [6, 6.07) is 14.5. The third-order valence-corrected chi connectivity index (χ3v) is 6.78. The van der Waals surface area contributed by atoms with E-state index in [1.165, 1.54) is 5.56 Å². The molecule has 3 aromatic rings. The van der Waals surface area contributed by atoms with Crippen molar-refractivity contribution < 1.29 is 8.42 Å². The third kappa shape index (κ3) is 4.62. The summed E-state index contributed by atoms with van der Waals surface area (Å²) in [5, 5.41) is 9.13. The van der Waals surface area contributed by atoms with Gasteiger partial charge in [-0.05, 0) is 41.8 Å². The lowest BCUT2D eigenvalue weighted by atomic mass is 9.91. The van der Waals surface area contributed by atoms with Crippen molar-refractivity contribution in [3.8, 4) is 0 Å². The van der Waals surface area contributed by atoms with Gasteiger partial charge in [0.05, 0.1) is 5.75 Å². The van der Waals surface area contributed by atoms with Gasteiger partial charge in [0.15, 0.2) is 0 Å². The Morgan fingerprint density at radius 2 is 1.83 bits per heavy atom. The highest BCUT2D eigenvalue weighted by Crippen LogP contribution is 2.30. The highest BCUT2D eigenvalue weighted by molar-refractivity contribution is 7.91. The maximum atomic E-state index is 12.5. The van der Waals surface area contributed by atoms with E-state index in [0.29, 0.717) is 22.2 Å². The Hall–Kier alpha value is -2.38. The third-order valence-electron chi connectivity index (χ3n) is 5.26. The van der Waals surface area contributed by atoms with Crippen LogP contribution in [0.15, 0.2) is 48.5 Å². The van der Waals surface area contributed by atoms with Gasteiger partial charge in [0.2, 0.25) is 10.0 Å². The monoisotopic (exact) mass is 430 g/mol. The SMILES string of the molecule is CCc1nnc2n1CC(c1ccc(NS(=O)(=O)Cc3ccc(Cl)cc3)cc1)CC2. The van der Waals surface area contributed by atoms with E-state index in [1.54, 1.807) is 24.3 Å². The summed E-state index contributed by atoms with van der Waals surface area (Å²) >= 11 is 5.86. The van der Waals surface area contributed by atoms with E-state index in [1.807, 2.05) is 24.3 Å². The number of rotatable bonds is 6. The molecule has 4 rings (SSSR count). The molecule has 152 valence electrons. The molecule has 2 aromatic carbocycles. The largest absolute Gasteiger partial charge is 0.314 e. The van der Waals surface area contributed by atoms with Crippen molar-refractivity contribution in [3.05, 3.63) is 76.3 Å². The summed E-state index contributed by atoms with van der Waals surface area (Å²) in [6.07, 6.45) is 2.80. The first kappa shape index (κ1) is 19.9. The quantitative estimate of drug-likeness (QED) is 0.636. The summed E-state index contributed by atoms with van der Waals surface area (Å²) in [7, 11) is -3.49. The number of anilines is 1. The van der Waals surface area contributed by atoms with Gasteiger partial charge in [-0.15, -0.1) is 10.2 Å². The molecule has 6 nitrogen and oxygen atoms in total. The number of aromatic nitrogens is 3. The highest BCUT2D eigenvalue weighted by atomic mass is 35.5. The number of hydrogen-bond acceptors (Lipinski definition) is 4. The molecule has 0 aliphatic carbocycles. The zero-order chi connectivity index (χ0) is 20.4. The van der Waals surface area contributed by atoms with Crippen LogP contribution in [0, 0.1) is 0 Å². The van der Waals surface area contributed by atoms with Crippen LogP contribution in [0.2, 0.25) is 5.02 Å². The van der Waals surface area contributed by atoms with Crippen molar-refractivity contribution in [1.82, 2.24) is 14.8 Å². The lowest BCUT2D eigenvalue weighted by molar-refractivity contribution is 0.447. The van der Waals surface area contributed by atoms with Crippen molar-refractivity contribution in [2.24, 2.45) is 0 Å². The molecule has 1 N–H and O–H groups in total. The average molecular weight is 431 g/mol. The van der Waals surface area contributed by atoms with Crippen LogP contribution in [0.4, 0.5) is 5.69 Å². The second-order valence-corrected chi connectivity index (χ2v) is 9.50. The Kier molecular flexibility index (Phi) is 5.61. The molecule has 0 bridgehead atoms. The first-order valence-corrected chi connectivity index (χ1v) is 11.7. The number of nitrogens with zero attached hydrogens (tertiary/aromatic N) is 3. The van der Waals surface area contributed by atoms with Gasteiger partial charge in [0.1, 0.15) is 11.6 Å². The molecule has 8 heteroatoms. The van der Waals surface area contributed by atoms with E-state index in [4.69, 9.17) is 11.6 Å². The van der Waals surface area contributed by atoms with Crippen molar-refractivity contribution >= 4 is 27.3 Å². The lowest BCUT2D eigenvalue weighted by Crippen LogP contribution is -2.20. The first-order valence-electron chi connectivity index (χ1n) is 9.69. The summed E-state index contributed by atoms with van der Waals surface area (Å²) in [5.41, 5.74) is 2.46. The van der Waals surface area contributed by atoms with Crippen LogP contribution in [0.25, 0.3) is 0 Å². The molecule has 2 heterocycles. The van der Waals surface area contributed by atoms with Gasteiger partial charge in [-0.2, -0.15) is 0 Å². The molecule has 0 fully saturated rings. The van der Waals surface area contributed by atoms with Crippen LogP contribution in [0.1, 0.15) is 42.0 Å². The summed E-state index contributed by atoms with van der Waals surface area (Å²) in [6.45, 7) is 2.96. The molecule has 1 aliphatic heterocycles. The molecule has 0 saturated heterocycles. The van der Waals surface area contributed by atoms with Gasteiger partial charge in [0, 0.05) is 36.0 Å². The fraction of sp³-hybridized carbons (Fsp3) is 0.333. The molecule has 0 radical (unpaired) electrons. The Bertz CT molecular complexity index is 1080. The fourth-order valence-corrected chi connectivity index (χ4v) is 5.08. The van der Waals surface area contributed by atoms with Crippen molar-refractivity contribution in [3.63, 3.8) is 0 Å². The van der Waals surface area contributed by atoms with Crippen LogP contribution < -0.4 is 4.72 Å². The summed E-state index contributed by atoms with van der Waals surface area (Å²) in [4.78, 5) is 0. The molecule has 1 atom stereocenters. The molecule has 0 spiro atoms. The van der Waals surface area contributed by atoms with Gasteiger partial charge in [-0.1, -0.05) is 42.8 Å². The second-order valence-electron chi connectivity index (χ2n) is 7.34. The number of fused-ring (bicyclic) bond motifs is 1. The Morgan fingerprint density at radius 1 is 1.10 bits per heavy atom. The number of sulfonamides is 1. The van der Waals surface area contributed by atoms with Crippen LogP contribution in [0.3, 0.4) is 0 Å². The van der Waals surface area contributed by atoms with Gasteiger partial charge < -0.3 is 4.57 Å². The van der Waals surface area contributed by atoms with Gasteiger partial charge in [0.25, 0.3) is 0 Å². The molecule has 29 heavy (non-hydrogen) atoms.